The standard InChI is InChI=1S/C22H26N2O2S/c25-22(14-17-12-19-9-10-20(13-17)23-19)24-18-6-4-5-16(11-18)15-27(26)21-7-2-1-3-8-21/h1-8,11,17,19-20,23H,9-10,12-15H2,(H,24,25). The molecule has 3 unspecified atom stereocenters. The molecule has 5 heteroatoms. The molecule has 2 bridgehead atoms. The zero-order valence-corrected chi connectivity index (χ0v) is 16.2. The Bertz CT molecular complexity index is 812. The van der Waals surface area contributed by atoms with Crippen molar-refractivity contribution in [1.29, 1.82) is 0 Å². The lowest BCUT2D eigenvalue weighted by molar-refractivity contribution is -0.117. The summed E-state index contributed by atoms with van der Waals surface area (Å²) in [7, 11) is -1.08. The molecule has 0 radical (unpaired) electrons. The highest BCUT2D eigenvalue weighted by Gasteiger charge is 2.34. The molecular formula is C22H26N2O2S. The Morgan fingerprint density at radius 2 is 1.78 bits per heavy atom. The molecule has 4 nitrogen and oxygen atoms in total. The van der Waals surface area contributed by atoms with Crippen molar-refractivity contribution in [2.75, 3.05) is 5.32 Å². The maximum Gasteiger partial charge on any atom is 0.224 e. The number of anilines is 1. The van der Waals surface area contributed by atoms with Crippen LogP contribution in [0.25, 0.3) is 0 Å². The van der Waals surface area contributed by atoms with Gasteiger partial charge in [0.1, 0.15) is 0 Å². The van der Waals surface area contributed by atoms with Gasteiger partial charge in [-0.15, -0.1) is 0 Å². The Kier molecular flexibility index (Phi) is 5.69. The molecule has 0 aromatic heterocycles. The molecule has 4 rings (SSSR count). The molecule has 2 aromatic rings. The molecule has 0 saturated carbocycles. The second kappa shape index (κ2) is 8.36. The number of rotatable bonds is 6. The van der Waals surface area contributed by atoms with Gasteiger partial charge >= 0.3 is 0 Å². The molecule has 1 amide bonds. The van der Waals surface area contributed by atoms with Crippen molar-refractivity contribution in [2.24, 2.45) is 5.92 Å². The molecule has 2 aliphatic rings. The maximum atomic E-state index is 12.5. The van der Waals surface area contributed by atoms with Gasteiger partial charge in [0.2, 0.25) is 5.91 Å². The van der Waals surface area contributed by atoms with Crippen LogP contribution in [0.5, 0.6) is 0 Å². The van der Waals surface area contributed by atoms with Gasteiger partial charge < -0.3 is 10.6 Å². The van der Waals surface area contributed by atoms with Crippen molar-refractivity contribution >= 4 is 22.4 Å². The molecule has 3 atom stereocenters. The van der Waals surface area contributed by atoms with Crippen LogP contribution >= 0.6 is 0 Å². The topological polar surface area (TPSA) is 58.2 Å². The fourth-order valence-electron chi connectivity index (χ4n) is 4.36. The second-order valence-corrected chi connectivity index (χ2v) is 9.18. The summed E-state index contributed by atoms with van der Waals surface area (Å²) in [6.07, 6.45) is 5.32. The van der Waals surface area contributed by atoms with Crippen LogP contribution in [-0.4, -0.2) is 22.2 Å². The van der Waals surface area contributed by atoms with E-state index in [1.807, 2.05) is 54.6 Å². The average molecular weight is 383 g/mol. The highest BCUT2D eigenvalue weighted by atomic mass is 32.2. The summed E-state index contributed by atoms with van der Waals surface area (Å²) in [4.78, 5) is 13.3. The minimum Gasteiger partial charge on any atom is -0.326 e. The van der Waals surface area contributed by atoms with Gasteiger partial charge in [-0.1, -0.05) is 30.3 Å². The molecule has 2 N–H and O–H groups in total. The van der Waals surface area contributed by atoms with Crippen molar-refractivity contribution in [2.45, 2.75) is 54.8 Å². The largest absolute Gasteiger partial charge is 0.326 e. The third-order valence-corrected chi connectivity index (χ3v) is 6.95. The van der Waals surface area contributed by atoms with Crippen LogP contribution in [0.4, 0.5) is 5.69 Å². The predicted molar refractivity (Wildman–Crippen MR) is 109 cm³/mol. The van der Waals surface area contributed by atoms with Crippen LogP contribution < -0.4 is 10.6 Å². The zero-order chi connectivity index (χ0) is 18.6. The second-order valence-electron chi connectivity index (χ2n) is 7.73. The fourth-order valence-corrected chi connectivity index (χ4v) is 5.47. The quantitative estimate of drug-likeness (QED) is 0.798. The first-order valence-electron chi connectivity index (χ1n) is 9.74. The lowest BCUT2D eigenvalue weighted by Crippen LogP contribution is -2.39. The maximum absolute atomic E-state index is 12.5. The van der Waals surface area contributed by atoms with Crippen molar-refractivity contribution in [1.82, 2.24) is 5.32 Å². The number of carbonyl (C=O) groups is 1. The van der Waals surface area contributed by atoms with Crippen molar-refractivity contribution in [3.63, 3.8) is 0 Å². The van der Waals surface area contributed by atoms with Crippen molar-refractivity contribution < 1.29 is 9.00 Å². The number of nitrogens with one attached hydrogen (secondary N) is 2. The first kappa shape index (κ1) is 18.4. The third kappa shape index (κ3) is 4.85. The third-order valence-electron chi connectivity index (χ3n) is 5.56. The van der Waals surface area contributed by atoms with E-state index in [4.69, 9.17) is 0 Å². The Morgan fingerprint density at radius 3 is 2.52 bits per heavy atom. The van der Waals surface area contributed by atoms with Gasteiger partial charge in [-0.3, -0.25) is 9.00 Å². The Balaban J connectivity index is 1.33. The molecule has 2 fully saturated rings. The smallest absolute Gasteiger partial charge is 0.224 e. The van der Waals surface area contributed by atoms with Crippen LogP contribution in [0.1, 0.15) is 37.7 Å². The van der Waals surface area contributed by atoms with Gasteiger partial charge in [0.15, 0.2) is 0 Å². The van der Waals surface area contributed by atoms with Crippen molar-refractivity contribution in [3.05, 3.63) is 60.2 Å². The Morgan fingerprint density at radius 1 is 1.04 bits per heavy atom. The number of benzene rings is 2. The van der Waals surface area contributed by atoms with E-state index in [1.54, 1.807) is 0 Å². The summed E-state index contributed by atoms with van der Waals surface area (Å²) >= 11 is 0. The summed E-state index contributed by atoms with van der Waals surface area (Å²) in [5, 5.41) is 6.66. The van der Waals surface area contributed by atoms with E-state index in [-0.39, 0.29) is 5.91 Å². The Hall–Kier alpha value is -1.98. The minimum absolute atomic E-state index is 0.0858. The fraction of sp³-hybridized carbons (Fsp3) is 0.409. The van der Waals surface area contributed by atoms with E-state index in [1.165, 1.54) is 12.8 Å². The number of hydrogen-bond acceptors (Lipinski definition) is 3. The normalized spacial score (nSPS) is 25.1. The Labute approximate surface area is 163 Å². The minimum atomic E-state index is -1.08. The lowest BCUT2D eigenvalue weighted by Gasteiger charge is -2.28. The summed E-state index contributed by atoms with van der Waals surface area (Å²) in [5.74, 6) is 1.02. The summed E-state index contributed by atoms with van der Waals surface area (Å²) in [5.41, 5.74) is 1.76. The van der Waals surface area contributed by atoms with Crippen LogP contribution in [0.2, 0.25) is 0 Å². The van der Waals surface area contributed by atoms with E-state index in [0.717, 1.165) is 29.0 Å². The number of fused-ring (bicyclic) bond motifs is 2. The van der Waals surface area contributed by atoms with E-state index in [2.05, 4.69) is 10.6 Å². The molecule has 142 valence electrons. The molecule has 2 aliphatic heterocycles. The number of amides is 1. The van der Waals surface area contributed by atoms with Crippen LogP contribution in [0, 0.1) is 5.92 Å². The molecule has 0 aliphatic carbocycles. The summed E-state index contributed by atoms with van der Waals surface area (Å²) < 4.78 is 12.5. The highest BCUT2D eigenvalue weighted by molar-refractivity contribution is 7.84. The van der Waals surface area contributed by atoms with Gasteiger partial charge in [0.05, 0.1) is 16.6 Å². The van der Waals surface area contributed by atoms with Gasteiger partial charge in [0.25, 0.3) is 0 Å². The number of carbonyl (C=O) groups excluding carboxylic acids is 1. The van der Waals surface area contributed by atoms with E-state index in [9.17, 15) is 9.00 Å². The van der Waals surface area contributed by atoms with E-state index >= 15 is 0 Å². The molecular weight excluding hydrogens is 356 g/mol. The number of piperidine rings is 1. The molecule has 2 aromatic carbocycles. The molecule has 2 saturated heterocycles. The molecule has 27 heavy (non-hydrogen) atoms. The predicted octanol–water partition coefficient (Wildman–Crippen LogP) is 3.85. The van der Waals surface area contributed by atoms with Gasteiger partial charge in [-0.05, 0) is 61.4 Å². The van der Waals surface area contributed by atoms with Crippen LogP contribution in [-0.2, 0) is 21.3 Å². The lowest BCUT2D eigenvalue weighted by atomic mass is 9.89. The molecule has 2 heterocycles. The number of hydrogen-bond donors (Lipinski definition) is 2. The first-order chi connectivity index (χ1) is 13.2. The zero-order valence-electron chi connectivity index (χ0n) is 15.4. The SMILES string of the molecule is O=C(CC1CC2CCC(C1)N2)Nc1cccc(CS(=O)c2ccccc2)c1. The van der Waals surface area contributed by atoms with Gasteiger partial charge in [-0.25, -0.2) is 0 Å². The van der Waals surface area contributed by atoms with E-state index in [0.29, 0.717) is 30.2 Å². The summed E-state index contributed by atoms with van der Waals surface area (Å²) in [6, 6.07) is 18.4. The summed E-state index contributed by atoms with van der Waals surface area (Å²) in [6.45, 7) is 0. The van der Waals surface area contributed by atoms with Gasteiger partial charge in [0, 0.05) is 29.1 Å². The average Bonchev–Trinajstić information content (AvgIpc) is 3.01. The van der Waals surface area contributed by atoms with Gasteiger partial charge in [-0.2, -0.15) is 0 Å². The first-order valence-corrected chi connectivity index (χ1v) is 11.1. The highest BCUT2D eigenvalue weighted by Crippen LogP contribution is 2.32. The monoisotopic (exact) mass is 382 g/mol. The van der Waals surface area contributed by atoms with Crippen LogP contribution in [0.3, 0.4) is 0 Å². The molecule has 0 spiro atoms. The van der Waals surface area contributed by atoms with Crippen molar-refractivity contribution in [3.8, 4) is 0 Å². The van der Waals surface area contributed by atoms with E-state index < -0.39 is 10.8 Å². The van der Waals surface area contributed by atoms with Crippen LogP contribution in [0.15, 0.2) is 59.5 Å².